The highest BCUT2D eigenvalue weighted by atomic mass is 32.1. The molecule has 2 heteroatoms. The van der Waals surface area contributed by atoms with Gasteiger partial charge in [0.2, 0.25) is 0 Å². The molecule has 1 aromatic carbocycles. The van der Waals surface area contributed by atoms with E-state index >= 15 is 0 Å². The van der Waals surface area contributed by atoms with Crippen LogP contribution in [0.25, 0.3) is 5.57 Å². The van der Waals surface area contributed by atoms with E-state index in [4.69, 9.17) is 12.2 Å². The number of hydrogen-bond donors (Lipinski definition) is 0. The summed E-state index contributed by atoms with van der Waals surface area (Å²) < 4.78 is 0. The Morgan fingerprint density at radius 3 is 2.50 bits per heavy atom. The zero-order valence-electron chi connectivity index (χ0n) is 10.2. The molecule has 1 unspecified atom stereocenters. The molecular formula is C14H17NS. The van der Waals surface area contributed by atoms with Crippen LogP contribution in [0, 0.1) is 0 Å². The molecule has 0 aliphatic heterocycles. The van der Waals surface area contributed by atoms with Gasteiger partial charge in [-0.25, -0.2) is 0 Å². The summed E-state index contributed by atoms with van der Waals surface area (Å²) in [5.74, 6) is 0. The first-order valence-corrected chi connectivity index (χ1v) is 5.89. The number of likely N-dealkylation sites (N-methyl/N-ethyl adjacent to an activating group) is 1. The van der Waals surface area contributed by atoms with Gasteiger partial charge in [0.05, 0.1) is 10.4 Å². The quantitative estimate of drug-likeness (QED) is 0.683. The maximum atomic E-state index is 5.56. The third-order valence-electron chi connectivity index (χ3n) is 3.27. The van der Waals surface area contributed by atoms with Gasteiger partial charge in [-0.1, -0.05) is 42.6 Å². The Morgan fingerprint density at radius 2 is 1.88 bits per heavy atom. The average molecular weight is 231 g/mol. The number of nitrogens with zero attached hydrogens (tertiary/aromatic N) is 1. The van der Waals surface area contributed by atoms with Crippen molar-refractivity contribution in [3.63, 3.8) is 0 Å². The Labute approximate surface area is 103 Å². The molecule has 0 fully saturated rings. The summed E-state index contributed by atoms with van der Waals surface area (Å²) in [6, 6.07) is 8.52. The molecule has 1 atom stereocenters. The third kappa shape index (κ3) is 1.49. The van der Waals surface area contributed by atoms with Crippen molar-refractivity contribution in [3.8, 4) is 0 Å². The third-order valence-corrected chi connectivity index (χ3v) is 4.06. The van der Waals surface area contributed by atoms with Crippen LogP contribution in [0.1, 0.15) is 25.0 Å². The predicted octanol–water partition coefficient (Wildman–Crippen LogP) is 3.25. The van der Waals surface area contributed by atoms with Crippen LogP contribution in [-0.2, 0) is 5.41 Å². The Kier molecular flexibility index (Phi) is 2.62. The van der Waals surface area contributed by atoms with Gasteiger partial charge in [-0.2, -0.15) is 0 Å². The van der Waals surface area contributed by atoms with Gasteiger partial charge in [-0.3, -0.25) is 0 Å². The monoisotopic (exact) mass is 231 g/mol. The summed E-state index contributed by atoms with van der Waals surface area (Å²) in [4.78, 5) is 3.00. The van der Waals surface area contributed by atoms with Crippen LogP contribution in [-0.4, -0.2) is 24.0 Å². The fourth-order valence-corrected chi connectivity index (χ4v) is 2.68. The predicted molar refractivity (Wildman–Crippen MR) is 73.7 cm³/mol. The second-order valence-electron chi connectivity index (χ2n) is 4.77. The second-order valence-corrected chi connectivity index (χ2v) is 5.16. The van der Waals surface area contributed by atoms with Crippen LogP contribution in [0.4, 0.5) is 0 Å². The van der Waals surface area contributed by atoms with Gasteiger partial charge in [0.15, 0.2) is 0 Å². The summed E-state index contributed by atoms with van der Waals surface area (Å²) in [5, 5.41) is 0. The largest absolute Gasteiger partial charge is 0.371 e. The summed E-state index contributed by atoms with van der Waals surface area (Å²) in [5.41, 5.74) is 3.85. The van der Waals surface area contributed by atoms with E-state index in [0.29, 0.717) is 0 Å². The first kappa shape index (κ1) is 11.3. The molecule has 1 nitrogen and oxygen atoms in total. The van der Waals surface area contributed by atoms with Crippen molar-refractivity contribution >= 4 is 22.8 Å². The van der Waals surface area contributed by atoms with Crippen LogP contribution in [0.2, 0.25) is 0 Å². The van der Waals surface area contributed by atoms with Crippen LogP contribution in [0.15, 0.2) is 30.3 Å². The van der Waals surface area contributed by atoms with Gasteiger partial charge in [0, 0.05) is 14.1 Å². The van der Waals surface area contributed by atoms with Crippen LogP contribution >= 0.6 is 12.2 Å². The summed E-state index contributed by atoms with van der Waals surface area (Å²) >= 11 is 5.56. The highest BCUT2D eigenvalue weighted by molar-refractivity contribution is 7.80. The summed E-state index contributed by atoms with van der Waals surface area (Å²) in [7, 11) is 4.02. The lowest BCUT2D eigenvalue weighted by Crippen LogP contribution is -2.37. The molecule has 0 amide bonds. The van der Waals surface area contributed by atoms with E-state index in [9.17, 15) is 0 Å². The van der Waals surface area contributed by atoms with Gasteiger partial charge >= 0.3 is 0 Å². The van der Waals surface area contributed by atoms with Crippen molar-refractivity contribution in [1.29, 1.82) is 0 Å². The first-order chi connectivity index (χ1) is 7.47. The van der Waals surface area contributed by atoms with Gasteiger partial charge in [0.25, 0.3) is 0 Å². The maximum Gasteiger partial charge on any atom is 0.0917 e. The Balaban J connectivity index is 2.58. The summed E-state index contributed by atoms with van der Waals surface area (Å²) in [6.07, 6.45) is 2.28. The van der Waals surface area contributed by atoms with E-state index in [1.807, 2.05) is 19.0 Å². The number of hydrogen-bond acceptors (Lipinski definition) is 1. The molecule has 2 rings (SSSR count). The van der Waals surface area contributed by atoms with Gasteiger partial charge in [-0.05, 0) is 30.5 Å². The van der Waals surface area contributed by atoms with E-state index in [1.54, 1.807) is 0 Å². The molecule has 1 aromatic rings. The smallest absolute Gasteiger partial charge is 0.0917 e. The highest BCUT2D eigenvalue weighted by Crippen LogP contribution is 2.41. The molecule has 0 N–H and O–H groups in total. The Bertz CT molecular complexity index is 473. The Hall–Kier alpha value is -1.15. The zero-order chi connectivity index (χ0) is 11.9. The van der Waals surface area contributed by atoms with Crippen LogP contribution < -0.4 is 0 Å². The molecule has 1 aliphatic carbocycles. The van der Waals surface area contributed by atoms with Crippen molar-refractivity contribution < 1.29 is 0 Å². The molecule has 0 saturated heterocycles. The molecular weight excluding hydrogens is 214 g/mol. The average Bonchev–Trinajstić information content (AvgIpc) is 2.52. The minimum absolute atomic E-state index is 0.125. The standard InChI is InChI=1S/C14H17NS/c1-10-9-14(2,13(16)15(3)4)12-8-6-5-7-11(10)12/h5-9H,1-4H3. The van der Waals surface area contributed by atoms with Crippen LogP contribution in [0.5, 0.6) is 0 Å². The number of benzene rings is 1. The van der Waals surface area contributed by atoms with Gasteiger partial charge in [-0.15, -0.1) is 0 Å². The molecule has 0 heterocycles. The van der Waals surface area contributed by atoms with E-state index in [-0.39, 0.29) is 5.41 Å². The Morgan fingerprint density at radius 1 is 1.25 bits per heavy atom. The maximum absolute atomic E-state index is 5.56. The zero-order valence-corrected chi connectivity index (χ0v) is 11.1. The number of rotatable bonds is 1. The minimum atomic E-state index is -0.125. The fourth-order valence-electron chi connectivity index (χ4n) is 2.51. The molecule has 0 bridgehead atoms. The van der Waals surface area contributed by atoms with Crippen molar-refractivity contribution in [1.82, 2.24) is 4.90 Å². The number of fused-ring (bicyclic) bond motifs is 1. The van der Waals surface area contributed by atoms with Gasteiger partial charge < -0.3 is 4.90 Å². The molecule has 16 heavy (non-hydrogen) atoms. The second kappa shape index (κ2) is 3.70. The number of allylic oxidation sites excluding steroid dienone is 1. The highest BCUT2D eigenvalue weighted by Gasteiger charge is 2.36. The SMILES string of the molecule is CC1=CC(C)(C(=S)N(C)C)c2ccccc21. The fraction of sp³-hybridized carbons (Fsp3) is 0.357. The lowest BCUT2D eigenvalue weighted by molar-refractivity contribution is 0.581. The van der Waals surface area contributed by atoms with E-state index in [1.165, 1.54) is 16.7 Å². The normalized spacial score (nSPS) is 22.6. The molecule has 84 valence electrons. The van der Waals surface area contributed by atoms with Crippen molar-refractivity contribution in [2.24, 2.45) is 0 Å². The minimum Gasteiger partial charge on any atom is -0.371 e. The lowest BCUT2D eigenvalue weighted by Gasteiger charge is -2.30. The van der Waals surface area contributed by atoms with Crippen molar-refractivity contribution in [3.05, 3.63) is 41.5 Å². The molecule has 1 aliphatic rings. The van der Waals surface area contributed by atoms with Crippen molar-refractivity contribution in [2.75, 3.05) is 14.1 Å². The van der Waals surface area contributed by atoms with Crippen LogP contribution in [0.3, 0.4) is 0 Å². The van der Waals surface area contributed by atoms with E-state index < -0.39 is 0 Å². The molecule has 0 spiro atoms. The lowest BCUT2D eigenvalue weighted by atomic mass is 9.84. The molecule has 0 aromatic heterocycles. The van der Waals surface area contributed by atoms with Crippen molar-refractivity contribution in [2.45, 2.75) is 19.3 Å². The van der Waals surface area contributed by atoms with Gasteiger partial charge in [0.1, 0.15) is 0 Å². The molecule has 0 radical (unpaired) electrons. The molecule has 0 saturated carbocycles. The number of thiocarbonyl (C=S) groups is 1. The van der Waals surface area contributed by atoms with E-state index in [2.05, 4.69) is 44.2 Å². The first-order valence-electron chi connectivity index (χ1n) is 5.48. The topological polar surface area (TPSA) is 3.24 Å². The summed E-state index contributed by atoms with van der Waals surface area (Å²) in [6.45, 7) is 4.35. The van der Waals surface area contributed by atoms with E-state index in [0.717, 1.165) is 4.99 Å².